The van der Waals surface area contributed by atoms with Crippen molar-refractivity contribution in [2.75, 3.05) is 5.32 Å². The third kappa shape index (κ3) is 3.16. The second kappa shape index (κ2) is 7.08. The largest absolute Gasteiger partial charge is 0.348 e. The normalized spacial score (nSPS) is 11.9. The molecule has 1 unspecified atom stereocenters. The van der Waals surface area contributed by atoms with Gasteiger partial charge in [-0.15, -0.1) is 0 Å². The number of nitrogens with one attached hydrogen (secondary N) is 1. The van der Waals surface area contributed by atoms with Crippen LogP contribution in [0.5, 0.6) is 0 Å². The van der Waals surface area contributed by atoms with Gasteiger partial charge in [-0.05, 0) is 43.2 Å². The fourth-order valence-corrected chi connectivity index (χ4v) is 3.08. The molecule has 7 heteroatoms. The Balaban J connectivity index is 1.73. The highest BCUT2D eigenvalue weighted by Gasteiger charge is 2.16. The van der Waals surface area contributed by atoms with Crippen LogP contribution in [-0.2, 0) is 0 Å². The zero-order chi connectivity index (χ0) is 19.7. The van der Waals surface area contributed by atoms with Gasteiger partial charge in [0.15, 0.2) is 0 Å². The monoisotopic (exact) mass is 372 g/mol. The number of aromatic nitrogens is 4. The first-order chi connectivity index (χ1) is 13.6. The van der Waals surface area contributed by atoms with E-state index in [0.717, 1.165) is 22.5 Å². The number of pyridine rings is 1. The Morgan fingerprint density at radius 2 is 1.93 bits per heavy atom. The quantitative estimate of drug-likeness (QED) is 0.578. The zero-order valence-corrected chi connectivity index (χ0v) is 15.4. The molecule has 0 saturated carbocycles. The molecule has 0 amide bonds. The molecule has 4 aromatic rings. The molecule has 1 atom stereocenters. The Labute approximate surface area is 161 Å². The summed E-state index contributed by atoms with van der Waals surface area (Å²) in [5, 5.41) is 12.7. The van der Waals surface area contributed by atoms with E-state index in [9.17, 15) is 9.65 Å². The molecule has 138 valence electrons. The number of imidazole rings is 1. The zero-order valence-electron chi connectivity index (χ0n) is 15.4. The van der Waals surface area contributed by atoms with E-state index in [4.69, 9.17) is 0 Å². The smallest absolute Gasteiger partial charge is 0.223 e. The third-order valence-electron chi connectivity index (χ3n) is 4.60. The molecule has 0 bridgehead atoms. The molecule has 0 aliphatic rings. The standard InChI is InChI=1S/C21H17FN6/c1-13-4-3-9-28-18(12-24-20(13)28)19-16(10-23)11-25-21(27-19)26-14(2)15-5-7-17(22)8-6-15/h3-9,11-12,14H,1-2H3,(H,25,26,27). The van der Waals surface area contributed by atoms with Gasteiger partial charge in [-0.2, -0.15) is 5.26 Å². The summed E-state index contributed by atoms with van der Waals surface area (Å²) >= 11 is 0. The molecule has 0 fully saturated rings. The summed E-state index contributed by atoms with van der Waals surface area (Å²) in [6, 6.07) is 12.2. The van der Waals surface area contributed by atoms with Gasteiger partial charge in [0.1, 0.15) is 23.2 Å². The van der Waals surface area contributed by atoms with Crippen molar-refractivity contribution in [1.29, 1.82) is 5.26 Å². The molecule has 0 radical (unpaired) electrons. The maximum Gasteiger partial charge on any atom is 0.223 e. The fraction of sp³-hybridized carbons (Fsp3) is 0.143. The first kappa shape index (κ1) is 17.6. The molecule has 0 spiro atoms. The van der Waals surface area contributed by atoms with Crippen LogP contribution < -0.4 is 5.32 Å². The summed E-state index contributed by atoms with van der Waals surface area (Å²) in [6.45, 7) is 3.92. The molecule has 4 rings (SSSR count). The lowest BCUT2D eigenvalue weighted by atomic mass is 10.1. The highest BCUT2D eigenvalue weighted by atomic mass is 19.1. The second-order valence-electron chi connectivity index (χ2n) is 6.51. The molecule has 3 aromatic heterocycles. The number of hydrogen-bond acceptors (Lipinski definition) is 5. The maximum absolute atomic E-state index is 13.1. The van der Waals surface area contributed by atoms with Crippen LogP contribution >= 0.6 is 0 Å². The molecule has 28 heavy (non-hydrogen) atoms. The summed E-state index contributed by atoms with van der Waals surface area (Å²) in [4.78, 5) is 13.3. The number of anilines is 1. The van der Waals surface area contributed by atoms with E-state index in [2.05, 4.69) is 26.3 Å². The van der Waals surface area contributed by atoms with Crippen molar-refractivity contribution >= 4 is 11.6 Å². The molecular weight excluding hydrogens is 355 g/mol. The number of halogens is 1. The first-order valence-electron chi connectivity index (χ1n) is 8.79. The highest BCUT2D eigenvalue weighted by molar-refractivity contribution is 5.68. The molecule has 0 aliphatic carbocycles. The van der Waals surface area contributed by atoms with Crippen molar-refractivity contribution in [3.63, 3.8) is 0 Å². The lowest BCUT2D eigenvalue weighted by molar-refractivity contribution is 0.626. The van der Waals surface area contributed by atoms with Gasteiger partial charge in [-0.25, -0.2) is 19.3 Å². The Bertz CT molecular complexity index is 1190. The third-order valence-corrected chi connectivity index (χ3v) is 4.60. The van der Waals surface area contributed by atoms with Gasteiger partial charge in [-0.1, -0.05) is 18.2 Å². The van der Waals surface area contributed by atoms with Crippen molar-refractivity contribution in [2.45, 2.75) is 19.9 Å². The predicted molar refractivity (Wildman–Crippen MR) is 104 cm³/mol. The molecule has 6 nitrogen and oxygen atoms in total. The number of rotatable bonds is 4. The highest BCUT2D eigenvalue weighted by Crippen LogP contribution is 2.25. The average molecular weight is 372 g/mol. The van der Waals surface area contributed by atoms with E-state index in [-0.39, 0.29) is 11.9 Å². The second-order valence-corrected chi connectivity index (χ2v) is 6.51. The van der Waals surface area contributed by atoms with Crippen LogP contribution in [0.2, 0.25) is 0 Å². The van der Waals surface area contributed by atoms with E-state index < -0.39 is 0 Å². The lowest BCUT2D eigenvalue weighted by Gasteiger charge is -2.15. The van der Waals surface area contributed by atoms with Crippen LogP contribution in [-0.4, -0.2) is 19.4 Å². The molecular formula is C21H17FN6. The number of aryl methyl sites for hydroxylation is 1. The van der Waals surface area contributed by atoms with Crippen LogP contribution in [0.25, 0.3) is 17.0 Å². The van der Waals surface area contributed by atoms with E-state index >= 15 is 0 Å². The Hall–Kier alpha value is -3.79. The van der Waals surface area contributed by atoms with Crippen molar-refractivity contribution in [3.05, 3.63) is 77.5 Å². The lowest BCUT2D eigenvalue weighted by Crippen LogP contribution is -2.10. The first-order valence-corrected chi connectivity index (χ1v) is 8.79. The van der Waals surface area contributed by atoms with Crippen LogP contribution in [0, 0.1) is 24.1 Å². The van der Waals surface area contributed by atoms with Gasteiger partial charge in [0.05, 0.1) is 29.7 Å². The molecule has 0 aliphatic heterocycles. The number of nitrogens with zero attached hydrogens (tertiary/aromatic N) is 5. The average Bonchev–Trinajstić information content (AvgIpc) is 3.14. The summed E-state index contributed by atoms with van der Waals surface area (Å²) in [7, 11) is 0. The summed E-state index contributed by atoms with van der Waals surface area (Å²) in [5.74, 6) is 0.101. The van der Waals surface area contributed by atoms with Gasteiger partial charge in [0.25, 0.3) is 0 Å². The summed E-state index contributed by atoms with van der Waals surface area (Å²) in [6.07, 6.45) is 5.10. The van der Waals surface area contributed by atoms with Crippen LogP contribution in [0.15, 0.2) is 55.0 Å². The topological polar surface area (TPSA) is 78.9 Å². The van der Waals surface area contributed by atoms with E-state index in [1.807, 2.05) is 36.6 Å². The number of nitriles is 1. The molecule has 1 aromatic carbocycles. The minimum absolute atomic E-state index is 0.134. The fourth-order valence-electron chi connectivity index (χ4n) is 3.08. The Kier molecular flexibility index (Phi) is 4.45. The molecule has 1 N–H and O–H groups in total. The molecule has 0 saturated heterocycles. The minimum atomic E-state index is -0.282. The molecule has 3 heterocycles. The van der Waals surface area contributed by atoms with E-state index in [1.54, 1.807) is 18.3 Å². The van der Waals surface area contributed by atoms with Gasteiger partial charge in [0, 0.05) is 6.20 Å². The summed E-state index contributed by atoms with van der Waals surface area (Å²) < 4.78 is 15.1. The Morgan fingerprint density at radius 3 is 2.68 bits per heavy atom. The van der Waals surface area contributed by atoms with Crippen LogP contribution in [0.4, 0.5) is 10.3 Å². The van der Waals surface area contributed by atoms with Crippen molar-refractivity contribution in [3.8, 4) is 17.5 Å². The van der Waals surface area contributed by atoms with Crippen molar-refractivity contribution in [2.24, 2.45) is 0 Å². The van der Waals surface area contributed by atoms with Gasteiger partial charge < -0.3 is 5.32 Å². The van der Waals surface area contributed by atoms with Crippen LogP contribution in [0.1, 0.15) is 29.7 Å². The maximum atomic E-state index is 13.1. The van der Waals surface area contributed by atoms with Crippen molar-refractivity contribution < 1.29 is 4.39 Å². The SMILES string of the molecule is Cc1cccn2c(-c3nc(NC(C)c4ccc(F)cc4)ncc3C#N)cnc12. The van der Waals surface area contributed by atoms with Gasteiger partial charge in [0.2, 0.25) is 5.95 Å². The minimum Gasteiger partial charge on any atom is -0.348 e. The van der Waals surface area contributed by atoms with Crippen molar-refractivity contribution in [1.82, 2.24) is 19.4 Å². The number of benzene rings is 1. The van der Waals surface area contributed by atoms with E-state index in [1.165, 1.54) is 18.3 Å². The summed E-state index contributed by atoms with van der Waals surface area (Å²) in [5.41, 5.74) is 4.34. The van der Waals surface area contributed by atoms with Gasteiger partial charge >= 0.3 is 0 Å². The number of hydrogen-bond donors (Lipinski definition) is 1. The number of fused-ring (bicyclic) bond motifs is 1. The van der Waals surface area contributed by atoms with E-state index in [0.29, 0.717) is 17.2 Å². The predicted octanol–water partition coefficient (Wildman–Crippen LogP) is 4.28. The van der Waals surface area contributed by atoms with Gasteiger partial charge in [-0.3, -0.25) is 4.40 Å². The van der Waals surface area contributed by atoms with Crippen LogP contribution in [0.3, 0.4) is 0 Å². The Morgan fingerprint density at radius 1 is 1.14 bits per heavy atom.